The molecule has 108 valence electrons. The van der Waals surface area contributed by atoms with Gasteiger partial charge in [-0.25, -0.2) is 0 Å². The molecular formula is C14H17ClN2O3. The molecule has 1 aromatic carbocycles. The van der Waals surface area contributed by atoms with E-state index in [0.29, 0.717) is 10.8 Å². The molecule has 5 nitrogen and oxygen atoms in total. The predicted molar refractivity (Wildman–Crippen MR) is 75.2 cm³/mol. The van der Waals surface area contributed by atoms with E-state index in [0.717, 1.165) is 12.8 Å². The summed E-state index contributed by atoms with van der Waals surface area (Å²) in [6.45, 7) is 3.25. The van der Waals surface area contributed by atoms with Crippen LogP contribution in [0.5, 0.6) is 5.75 Å². The van der Waals surface area contributed by atoms with Gasteiger partial charge in [0, 0.05) is 10.9 Å². The maximum atomic E-state index is 12.0. The molecule has 0 unspecified atom stereocenters. The topological polar surface area (TPSA) is 67.4 Å². The summed E-state index contributed by atoms with van der Waals surface area (Å²) in [5, 5.41) is 0.594. The largest absolute Gasteiger partial charge is 0.478 e. The summed E-state index contributed by atoms with van der Waals surface area (Å²) in [4.78, 5) is 23.5. The van der Waals surface area contributed by atoms with Crippen molar-refractivity contribution in [3.05, 3.63) is 29.3 Å². The monoisotopic (exact) mass is 296 g/mol. The summed E-state index contributed by atoms with van der Waals surface area (Å²) in [6.07, 6.45) is 1.76. The SMILES string of the molecule is CC(C)(Oc1ccc(Cl)cc1)C(=O)NNC(=O)C1CC1. The third kappa shape index (κ3) is 3.87. The van der Waals surface area contributed by atoms with Gasteiger partial charge in [-0.05, 0) is 51.0 Å². The molecule has 6 heteroatoms. The summed E-state index contributed by atoms with van der Waals surface area (Å²) < 4.78 is 5.61. The molecule has 0 aromatic heterocycles. The van der Waals surface area contributed by atoms with Crippen molar-refractivity contribution >= 4 is 23.4 Å². The molecule has 0 spiro atoms. The molecule has 2 N–H and O–H groups in total. The van der Waals surface area contributed by atoms with E-state index in [4.69, 9.17) is 16.3 Å². The van der Waals surface area contributed by atoms with E-state index in [2.05, 4.69) is 10.9 Å². The van der Waals surface area contributed by atoms with Gasteiger partial charge in [-0.1, -0.05) is 11.6 Å². The van der Waals surface area contributed by atoms with Crippen LogP contribution in [-0.4, -0.2) is 17.4 Å². The highest BCUT2D eigenvalue weighted by Crippen LogP contribution is 2.28. The molecule has 20 heavy (non-hydrogen) atoms. The molecule has 0 aliphatic heterocycles. The Labute approximate surface area is 122 Å². The highest BCUT2D eigenvalue weighted by atomic mass is 35.5. The van der Waals surface area contributed by atoms with E-state index in [1.54, 1.807) is 38.1 Å². The number of ether oxygens (including phenoxy) is 1. The van der Waals surface area contributed by atoms with Crippen LogP contribution < -0.4 is 15.6 Å². The molecule has 1 saturated carbocycles. The number of carbonyl (C=O) groups is 2. The number of halogens is 1. The second-order valence-corrected chi connectivity index (χ2v) is 5.72. The number of amides is 2. The zero-order valence-electron chi connectivity index (χ0n) is 11.4. The smallest absolute Gasteiger partial charge is 0.281 e. The first-order valence-corrected chi connectivity index (χ1v) is 6.81. The minimum atomic E-state index is -1.11. The molecule has 2 amide bonds. The lowest BCUT2D eigenvalue weighted by molar-refractivity contribution is -0.138. The van der Waals surface area contributed by atoms with Gasteiger partial charge in [-0.3, -0.25) is 20.4 Å². The molecule has 0 radical (unpaired) electrons. The lowest BCUT2D eigenvalue weighted by Crippen LogP contribution is -2.53. The molecule has 1 aliphatic carbocycles. The van der Waals surface area contributed by atoms with Gasteiger partial charge in [-0.2, -0.15) is 0 Å². The van der Waals surface area contributed by atoms with Crippen molar-refractivity contribution in [1.82, 2.24) is 10.9 Å². The molecule has 0 heterocycles. The zero-order chi connectivity index (χ0) is 14.8. The Hall–Kier alpha value is -1.75. The molecule has 1 aliphatic rings. The standard InChI is InChI=1S/C14H17ClN2O3/c1-14(2,20-11-7-5-10(15)6-8-11)13(19)17-16-12(18)9-3-4-9/h5-9H,3-4H2,1-2H3,(H,16,18)(H,17,19). The van der Waals surface area contributed by atoms with E-state index in [1.807, 2.05) is 0 Å². The Morgan fingerprint density at radius 3 is 2.35 bits per heavy atom. The summed E-state index contributed by atoms with van der Waals surface area (Å²) in [6, 6.07) is 6.72. The van der Waals surface area contributed by atoms with Crippen molar-refractivity contribution in [3.8, 4) is 5.75 Å². The van der Waals surface area contributed by atoms with E-state index < -0.39 is 11.5 Å². The number of carbonyl (C=O) groups excluding carboxylic acids is 2. The van der Waals surface area contributed by atoms with E-state index in [9.17, 15) is 9.59 Å². The van der Waals surface area contributed by atoms with Crippen molar-refractivity contribution in [3.63, 3.8) is 0 Å². The Bertz CT molecular complexity index is 510. The van der Waals surface area contributed by atoms with Gasteiger partial charge in [0.25, 0.3) is 5.91 Å². The van der Waals surface area contributed by atoms with Gasteiger partial charge in [0.15, 0.2) is 5.60 Å². The van der Waals surface area contributed by atoms with Crippen LogP contribution in [0.15, 0.2) is 24.3 Å². The number of rotatable bonds is 4. The molecule has 0 bridgehead atoms. The van der Waals surface area contributed by atoms with Gasteiger partial charge < -0.3 is 4.74 Å². The van der Waals surface area contributed by atoms with Crippen molar-refractivity contribution < 1.29 is 14.3 Å². The van der Waals surface area contributed by atoms with Crippen LogP contribution in [0.3, 0.4) is 0 Å². The fourth-order valence-corrected chi connectivity index (χ4v) is 1.69. The van der Waals surface area contributed by atoms with E-state index in [1.165, 1.54) is 0 Å². The summed E-state index contributed by atoms with van der Waals surface area (Å²) in [7, 11) is 0. The van der Waals surface area contributed by atoms with Crippen molar-refractivity contribution in [2.24, 2.45) is 5.92 Å². The average molecular weight is 297 g/mol. The van der Waals surface area contributed by atoms with Crippen LogP contribution in [-0.2, 0) is 9.59 Å². The first-order valence-electron chi connectivity index (χ1n) is 6.43. The first kappa shape index (κ1) is 14.7. The second kappa shape index (κ2) is 5.71. The molecular weight excluding hydrogens is 280 g/mol. The van der Waals surface area contributed by atoms with Crippen molar-refractivity contribution in [2.75, 3.05) is 0 Å². The number of hydrazine groups is 1. The molecule has 2 rings (SSSR count). The predicted octanol–water partition coefficient (Wildman–Crippen LogP) is 2.05. The number of nitrogens with one attached hydrogen (secondary N) is 2. The Morgan fingerprint density at radius 1 is 1.20 bits per heavy atom. The van der Waals surface area contributed by atoms with E-state index >= 15 is 0 Å². The molecule has 1 aromatic rings. The maximum absolute atomic E-state index is 12.0. The quantitative estimate of drug-likeness (QED) is 0.836. The minimum Gasteiger partial charge on any atom is -0.478 e. The highest BCUT2D eigenvalue weighted by Gasteiger charge is 2.33. The lowest BCUT2D eigenvalue weighted by Gasteiger charge is -2.25. The maximum Gasteiger partial charge on any atom is 0.281 e. The minimum absolute atomic E-state index is 0.0376. The number of hydrogen-bond acceptors (Lipinski definition) is 3. The fourth-order valence-electron chi connectivity index (χ4n) is 1.56. The highest BCUT2D eigenvalue weighted by molar-refractivity contribution is 6.30. The van der Waals surface area contributed by atoms with Gasteiger partial charge in [-0.15, -0.1) is 0 Å². The molecule has 0 saturated heterocycles. The fraction of sp³-hybridized carbons (Fsp3) is 0.429. The molecule has 0 atom stereocenters. The zero-order valence-corrected chi connectivity index (χ0v) is 12.2. The van der Waals surface area contributed by atoms with Crippen LogP contribution in [0.25, 0.3) is 0 Å². The van der Waals surface area contributed by atoms with Crippen LogP contribution in [0.4, 0.5) is 0 Å². The summed E-state index contributed by atoms with van der Waals surface area (Å²) in [5.41, 5.74) is 3.69. The van der Waals surface area contributed by atoms with Crippen LogP contribution in [0.1, 0.15) is 26.7 Å². The average Bonchev–Trinajstić information content (AvgIpc) is 3.22. The third-order valence-electron chi connectivity index (χ3n) is 2.98. The summed E-state index contributed by atoms with van der Waals surface area (Å²) >= 11 is 5.78. The van der Waals surface area contributed by atoms with Gasteiger partial charge in [0.1, 0.15) is 5.75 Å². The summed E-state index contributed by atoms with van der Waals surface area (Å²) in [5.74, 6) is 0.000702. The number of hydrogen-bond donors (Lipinski definition) is 2. The van der Waals surface area contributed by atoms with Crippen LogP contribution in [0, 0.1) is 5.92 Å². The van der Waals surface area contributed by atoms with Crippen LogP contribution >= 0.6 is 11.6 Å². The van der Waals surface area contributed by atoms with Crippen molar-refractivity contribution in [1.29, 1.82) is 0 Å². The Kier molecular flexibility index (Phi) is 4.18. The van der Waals surface area contributed by atoms with Gasteiger partial charge in [0.05, 0.1) is 0 Å². The Balaban J connectivity index is 1.89. The van der Waals surface area contributed by atoms with E-state index in [-0.39, 0.29) is 11.8 Å². The van der Waals surface area contributed by atoms with Crippen LogP contribution in [0.2, 0.25) is 5.02 Å². The van der Waals surface area contributed by atoms with Gasteiger partial charge >= 0.3 is 0 Å². The lowest BCUT2D eigenvalue weighted by atomic mass is 10.1. The number of benzene rings is 1. The third-order valence-corrected chi connectivity index (χ3v) is 3.23. The Morgan fingerprint density at radius 2 is 1.80 bits per heavy atom. The molecule has 1 fully saturated rings. The second-order valence-electron chi connectivity index (χ2n) is 5.28. The normalized spacial score (nSPS) is 14.6. The first-order chi connectivity index (χ1) is 9.38. The van der Waals surface area contributed by atoms with Gasteiger partial charge in [0.2, 0.25) is 5.91 Å². The van der Waals surface area contributed by atoms with Crippen molar-refractivity contribution in [2.45, 2.75) is 32.3 Å².